The number of benzene rings is 3. The molecule has 3 aromatic rings. The Hall–Kier alpha value is -2.92. The monoisotopic (exact) mass is 380 g/mol. The zero-order valence-electron chi connectivity index (χ0n) is 14.9. The fourth-order valence-corrected chi connectivity index (χ4v) is 4.66. The molecule has 27 heavy (non-hydrogen) atoms. The van der Waals surface area contributed by atoms with E-state index in [-0.39, 0.29) is 17.1 Å². The molecule has 0 saturated carbocycles. The van der Waals surface area contributed by atoms with Gasteiger partial charge < -0.3 is 4.74 Å². The number of ketones is 1. The number of hydrogen-bond acceptors (Lipinski definition) is 4. The molecule has 0 aliphatic heterocycles. The van der Waals surface area contributed by atoms with Crippen LogP contribution >= 0.6 is 0 Å². The Morgan fingerprint density at radius 3 is 1.96 bits per heavy atom. The van der Waals surface area contributed by atoms with Gasteiger partial charge in [-0.1, -0.05) is 48.5 Å². The highest BCUT2D eigenvalue weighted by Crippen LogP contribution is 2.33. The van der Waals surface area contributed by atoms with Crippen LogP contribution < -0.4 is 4.74 Å². The van der Waals surface area contributed by atoms with Crippen LogP contribution in [0.3, 0.4) is 0 Å². The molecule has 0 aromatic heterocycles. The summed E-state index contributed by atoms with van der Waals surface area (Å²) in [5.41, 5.74) is 1.06. The molecule has 0 heterocycles. The topological polar surface area (TPSA) is 60.4 Å². The van der Waals surface area contributed by atoms with Gasteiger partial charge in [0.1, 0.15) is 5.75 Å². The van der Waals surface area contributed by atoms with E-state index in [1.54, 1.807) is 86.0 Å². The third-order valence-corrected chi connectivity index (χ3v) is 6.52. The third kappa shape index (κ3) is 4.26. The number of ether oxygens (including phenoxy) is 1. The Kier molecular flexibility index (Phi) is 5.72. The van der Waals surface area contributed by atoms with Crippen LogP contribution in [0.25, 0.3) is 0 Å². The second-order valence-electron chi connectivity index (χ2n) is 6.11. The maximum Gasteiger partial charge on any atom is 0.185 e. The van der Waals surface area contributed by atoms with E-state index in [1.165, 1.54) is 0 Å². The number of Topliss-reactive ketones (excluding diaryl/α,β-unsaturated/α-hetero) is 1. The minimum Gasteiger partial charge on any atom is -0.497 e. The molecule has 0 aliphatic carbocycles. The SMILES string of the molecule is COc1ccc(C(=O)CC(c2ccccc2)S(=O)(=O)c2ccccc2)cc1. The summed E-state index contributed by atoms with van der Waals surface area (Å²) in [7, 11) is -2.17. The average Bonchev–Trinajstić information content (AvgIpc) is 2.73. The number of sulfone groups is 1. The Morgan fingerprint density at radius 1 is 0.852 bits per heavy atom. The van der Waals surface area contributed by atoms with E-state index in [9.17, 15) is 13.2 Å². The molecule has 4 nitrogen and oxygen atoms in total. The highest BCUT2D eigenvalue weighted by atomic mass is 32.2. The van der Waals surface area contributed by atoms with Crippen molar-refractivity contribution in [2.24, 2.45) is 0 Å². The van der Waals surface area contributed by atoms with Crippen molar-refractivity contribution in [1.82, 2.24) is 0 Å². The van der Waals surface area contributed by atoms with Gasteiger partial charge in [0.25, 0.3) is 0 Å². The van der Waals surface area contributed by atoms with Gasteiger partial charge in [0.2, 0.25) is 0 Å². The summed E-state index contributed by atoms with van der Waals surface area (Å²) in [4.78, 5) is 13.0. The van der Waals surface area contributed by atoms with Gasteiger partial charge in [-0.3, -0.25) is 4.79 Å². The predicted molar refractivity (Wildman–Crippen MR) is 105 cm³/mol. The Labute approximate surface area is 159 Å². The van der Waals surface area contributed by atoms with Gasteiger partial charge in [0.05, 0.1) is 17.3 Å². The Balaban J connectivity index is 1.97. The van der Waals surface area contributed by atoms with Crippen molar-refractivity contribution < 1.29 is 17.9 Å². The van der Waals surface area contributed by atoms with Crippen molar-refractivity contribution in [2.45, 2.75) is 16.6 Å². The molecule has 0 saturated heterocycles. The van der Waals surface area contributed by atoms with Crippen molar-refractivity contribution in [2.75, 3.05) is 7.11 Å². The van der Waals surface area contributed by atoms with E-state index < -0.39 is 15.1 Å². The second-order valence-corrected chi connectivity index (χ2v) is 8.24. The lowest BCUT2D eigenvalue weighted by atomic mass is 10.0. The Morgan fingerprint density at radius 2 is 1.41 bits per heavy atom. The van der Waals surface area contributed by atoms with Gasteiger partial charge in [-0.15, -0.1) is 0 Å². The zero-order chi connectivity index (χ0) is 19.3. The Bertz CT molecular complexity index is 995. The van der Waals surface area contributed by atoms with Crippen molar-refractivity contribution >= 4 is 15.6 Å². The standard InChI is InChI=1S/C22H20O4S/c1-26-19-14-12-17(13-15-19)21(23)16-22(18-8-4-2-5-9-18)27(24,25)20-10-6-3-7-11-20/h2-15,22H,16H2,1H3. The molecule has 3 rings (SSSR count). The van der Waals surface area contributed by atoms with Crippen molar-refractivity contribution in [3.05, 3.63) is 96.1 Å². The molecule has 138 valence electrons. The van der Waals surface area contributed by atoms with Crippen molar-refractivity contribution in [1.29, 1.82) is 0 Å². The molecular formula is C22H20O4S. The molecule has 1 atom stereocenters. The molecule has 0 N–H and O–H groups in total. The lowest BCUT2D eigenvalue weighted by Gasteiger charge is -2.18. The molecule has 0 bridgehead atoms. The third-order valence-electron chi connectivity index (χ3n) is 4.40. The largest absolute Gasteiger partial charge is 0.497 e. The number of carbonyl (C=O) groups is 1. The first-order valence-electron chi connectivity index (χ1n) is 8.53. The van der Waals surface area contributed by atoms with Gasteiger partial charge in [0, 0.05) is 12.0 Å². The quantitative estimate of drug-likeness (QED) is 0.567. The van der Waals surface area contributed by atoms with Gasteiger partial charge in [-0.2, -0.15) is 0 Å². The minimum atomic E-state index is -3.72. The maximum atomic E-state index is 13.2. The smallest absolute Gasteiger partial charge is 0.185 e. The summed E-state index contributed by atoms with van der Waals surface area (Å²) in [5, 5.41) is -0.948. The highest BCUT2D eigenvalue weighted by Gasteiger charge is 2.31. The van der Waals surface area contributed by atoms with E-state index in [4.69, 9.17) is 4.74 Å². The summed E-state index contributed by atoms with van der Waals surface area (Å²) in [6.07, 6.45) is -0.131. The lowest BCUT2D eigenvalue weighted by Crippen LogP contribution is -2.18. The van der Waals surface area contributed by atoms with E-state index in [0.717, 1.165) is 0 Å². The first-order chi connectivity index (χ1) is 13.0. The fourth-order valence-electron chi connectivity index (χ4n) is 2.91. The summed E-state index contributed by atoms with van der Waals surface area (Å²) < 4.78 is 31.6. The number of carbonyl (C=O) groups excluding carboxylic acids is 1. The molecule has 0 aliphatic rings. The van der Waals surface area contributed by atoms with E-state index in [1.807, 2.05) is 6.07 Å². The molecular weight excluding hydrogens is 360 g/mol. The molecule has 1 unspecified atom stereocenters. The number of hydrogen-bond donors (Lipinski definition) is 0. The molecule has 3 aromatic carbocycles. The first-order valence-corrected chi connectivity index (χ1v) is 10.1. The highest BCUT2D eigenvalue weighted by molar-refractivity contribution is 7.91. The average molecular weight is 380 g/mol. The van der Waals surface area contributed by atoms with E-state index in [0.29, 0.717) is 16.9 Å². The molecule has 0 amide bonds. The number of methoxy groups -OCH3 is 1. The van der Waals surface area contributed by atoms with Gasteiger partial charge in [0.15, 0.2) is 15.6 Å². The maximum absolute atomic E-state index is 13.2. The summed E-state index contributed by atoms with van der Waals surface area (Å²) >= 11 is 0. The van der Waals surface area contributed by atoms with Crippen LogP contribution in [0.2, 0.25) is 0 Å². The van der Waals surface area contributed by atoms with Gasteiger partial charge in [-0.25, -0.2) is 8.42 Å². The summed E-state index contributed by atoms with van der Waals surface area (Å²) in [6.45, 7) is 0. The van der Waals surface area contributed by atoms with Crippen LogP contribution in [-0.2, 0) is 9.84 Å². The van der Waals surface area contributed by atoms with Gasteiger partial charge >= 0.3 is 0 Å². The summed E-state index contributed by atoms with van der Waals surface area (Å²) in [5.74, 6) is 0.411. The molecule has 0 radical (unpaired) electrons. The van der Waals surface area contributed by atoms with Crippen LogP contribution in [0.1, 0.15) is 27.6 Å². The second kappa shape index (κ2) is 8.18. The van der Waals surface area contributed by atoms with E-state index >= 15 is 0 Å². The van der Waals surface area contributed by atoms with Crippen LogP contribution in [0.4, 0.5) is 0 Å². The lowest BCUT2D eigenvalue weighted by molar-refractivity contribution is 0.0980. The zero-order valence-corrected chi connectivity index (χ0v) is 15.7. The van der Waals surface area contributed by atoms with E-state index in [2.05, 4.69) is 0 Å². The predicted octanol–water partition coefficient (Wildman–Crippen LogP) is 4.48. The van der Waals surface area contributed by atoms with Crippen LogP contribution in [-0.4, -0.2) is 21.3 Å². The first kappa shape index (κ1) is 18.9. The van der Waals surface area contributed by atoms with Crippen molar-refractivity contribution in [3.63, 3.8) is 0 Å². The van der Waals surface area contributed by atoms with Crippen LogP contribution in [0.5, 0.6) is 5.75 Å². The molecule has 0 spiro atoms. The van der Waals surface area contributed by atoms with Gasteiger partial charge in [-0.05, 0) is 42.0 Å². The summed E-state index contributed by atoms with van der Waals surface area (Å²) in [6, 6.07) is 23.8. The molecule has 0 fully saturated rings. The normalized spacial score (nSPS) is 12.3. The van der Waals surface area contributed by atoms with Crippen LogP contribution in [0.15, 0.2) is 89.8 Å². The van der Waals surface area contributed by atoms with Crippen LogP contribution in [0, 0.1) is 0 Å². The molecule has 5 heteroatoms. The minimum absolute atomic E-state index is 0.131. The fraction of sp³-hybridized carbons (Fsp3) is 0.136. The number of rotatable bonds is 7. The van der Waals surface area contributed by atoms with Crippen molar-refractivity contribution in [3.8, 4) is 5.75 Å².